The summed E-state index contributed by atoms with van der Waals surface area (Å²) in [6.45, 7) is 0. The van der Waals surface area contributed by atoms with Crippen LogP contribution in [0.1, 0.15) is 36.0 Å². The van der Waals surface area contributed by atoms with E-state index in [-0.39, 0.29) is 5.56 Å². The van der Waals surface area contributed by atoms with Gasteiger partial charge >= 0.3 is 5.97 Å². The third-order valence-electron chi connectivity index (χ3n) is 4.07. The second-order valence-corrected chi connectivity index (χ2v) is 5.48. The van der Waals surface area contributed by atoms with Crippen LogP contribution in [0.5, 0.6) is 5.75 Å². The molecule has 0 unspecified atom stereocenters. The summed E-state index contributed by atoms with van der Waals surface area (Å²) in [4.78, 5) is 35.5. The van der Waals surface area contributed by atoms with Gasteiger partial charge in [-0.2, -0.15) is 0 Å². The zero-order valence-corrected chi connectivity index (χ0v) is 12.9. The second-order valence-electron chi connectivity index (χ2n) is 5.48. The summed E-state index contributed by atoms with van der Waals surface area (Å²) in [6, 6.07) is 6.62. The van der Waals surface area contributed by atoms with E-state index < -0.39 is 29.6 Å². The van der Waals surface area contributed by atoms with E-state index in [1.807, 2.05) is 0 Å². The molecule has 2 rings (SSSR count). The summed E-state index contributed by atoms with van der Waals surface area (Å²) >= 11 is 0. The molecule has 3 N–H and O–H groups in total. The summed E-state index contributed by atoms with van der Waals surface area (Å²) < 4.78 is 5.09. The Balaban J connectivity index is 1.98. The lowest BCUT2D eigenvalue weighted by molar-refractivity contribution is -0.149. The number of amides is 2. The molecule has 2 atom stereocenters. The van der Waals surface area contributed by atoms with E-state index in [9.17, 15) is 19.5 Å². The Morgan fingerprint density at radius 2 is 1.74 bits per heavy atom. The fraction of sp³-hybridized carbons (Fsp3) is 0.438. The van der Waals surface area contributed by atoms with Crippen LogP contribution in [0, 0.1) is 11.8 Å². The van der Waals surface area contributed by atoms with E-state index in [0.29, 0.717) is 18.6 Å². The number of nitrogens with one attached hydrogen (secondary N) is 2. The number of methoxy groups -OCH3 is 1. The topological polar surface area (TPSA) is 105 Å². The van der Waals surface area contributed by atoms with Crippen LogP contribution in [0.15, 0.2) is 24.3 Å². The average molecular weight is 320 g/mol. The van der Waals surface area contributed by atoms with Gasteiger partial charge in [0.1, 0.15) is 5.75 Å². The number of aliphatic carboxylic acids is 1. The molecule has 0 heterocycles. The molecule has 1 aromatic rings. The lowest BCUT2D eigenvalue weighted by Crippen LogP contribution is -2.47. The highest BCUT2D eigenvalue weighted by Gasteiger charge is 2.35. The normalized spacial score (nSPS) is 20.4. The molecule has 7 nitrogen and oxygen atoms in total. The van der Waals surface area contributed by atoms with Gasteiger partial charge in [0.2, 0.25) is 5.91 Å². The van der Waals surface area contributed by atoms with Crippen LogP contribution in [-0.4, -0.2) is 30.0 Å². The third kappa shape index (κ3) is 4.00. The van der Waals surface area contributed by atoms with Gasteiger partial charge in [-0.05, 0) is 25.0 Å². The fourth-order valence-electron chi connectivity index (χ4n) is 2.85. The maximum Gasteiger partial charge on any atom is 0.307 e. The molecule has 23 heavy (non-hydrogen) atoms. The van der Waals surface area contributed by atoms with E-state index in [1.165, 1.54) is 7.11 Å². The van der Waals surface area contributed by atoms with Gasteiger partial charge in [-0.25, -0.2) is 0 Å². The van der Waals surface area contributed by atoms with Crippen LogP contribution in [-0.2, 0) is 9.59 Å². The van der Waals surface area contributed by atoms with Gasteiger partial charge in [-0.1, -0.05) is 25.0 Å². The number of hydrogen-bond donors (Lipinski definition) is 3. The molecule has 1 aliphatic rings. The van der Waals surface area contributed by atoms with E-state index in [4.69, 9.17) is 4.74 Å². The van der Waals surface area contributed by atoms with Crippen molar-refractivity contribution >= 4 is 17.8 Å². The first kappa shape index (κ1) is 16.8. The predicted molar refractivity (Wildman–Crippen MR) is 81.7 cm³/mol. The Morgan fingerprint density at radius 1 is 1.09 bits per heavy atom. The summed E-state index contributed by atoms with van der Waals surface area (Å²) in [6.07, 6.45) is 2.60. The molecule has 7 heteroatoms. The van der Waals surface area contributed by atoms with E-state index in [2.05, 4.69) is 10.9 Å². The molecule has 0 saturated heterocycles. The highest BCUT2D eigenvalue weighted by atomic mass is 16.5. The molecule has 0 aromatic heterocycles. The quantitative estimate of drug-likeness (QED) is 0.726. The van der Waals surface area contributed by atoms with Gasteiger partial charge in [0.05, 0.1) is 24.5 Å². The molecule has 2 amide bonds. The van der Waals surface area contributed by atoms with Crippen molar-refractivity contribution in [2.45, 2.75) is 25.7 Å². The van der Waals surface area contributed by atoms with Gasteiger partial charge in [-0.15, -0.1) is 0 Å². The number of para-hydroxylation sites is 1. The van der Waals surface area contributed by atoms with Crippen molar-refractivity contribution in [1.82, 2.24) is 10.9 Å². The summed E-state index contributed by atoms with van der Waals surface area (Å²) in [5.74, 6) is -2.90. The van der Waals surface area contributed by atoms with Gasteiger partial charge in [-0.3, -0.25) is 25.2 Å². The average Bonchev–Trinajstić information content (AvgIpc) is 2.59. The Hall–Kier alpha value is -2.57. The van der Waals surface area contributed by atoms with Crippen molar-refractivity contribution in [2.24, 2.45) is 11.8 Å². The number of benzene rings is 1. The van der Waals surface area contributed by atoms with Crippen LogP contribution in [0.25, 0.3) is 0 Å². The van der Waals surface area contributed by atoms with Gasteiger partial charge in [0.25, 0.3) is 5.91 Å². The first-order valence-electron chi connectivity index (χ1n) is 7.50. The molecule has 1 aliphatic carbocycles. The molecular weight excluding hydrogens is 300 g/mol. The van der Waals surface area contributed by atoms with Crippen LogP contribution < -0.4 is 15.6 Å². The van der Waals surface area contributed by atoms with Crippen molar-refractivity contribution in [3.63, 3.8) is 0 Å². The number of hydrogen-bond acceptors (Lipinski definition) is 4. The molecule has 0 bridgehead atoms. The first-order chi connectivity index (χ1) is 11.0. The Kier molecular flexibility index (Phi) is 5.56. The van der Waals surface area contributed by atoms with Gasteiger partial charge < -0.3 is 9.84 Å². The Bertz CT molecular complexity index is 602. The smallest absolute Gasteiger partial charge is 0.307 e. The maximum absolute atomic E-state index is 12.2. The lowest BCUT2D eigenvalue weighted by Gasteiger charge is -2.27. The largest absolute Gasteiger partial charge is 0.496 e. The number of carbonyl (C=O) groups is 3. The molecule has 124 valence electrons. The standard InChI is InChI=1S/C16H20N2O5/c1-23-13-9-5-4-8-12(13)15(20)18-17-14(19)10-6-2-3-7-11(10)16(21)22/h4-5,8-11H,2-3,6-7H2,1H3,(H,17,19)(H,18,20)(H,21,22)/t10-,11+/m0/s1. The minimum absolute atomic E-state index is 0.286. The predicted octanol–water partition coefficient (Wildman–Crippen LogP) is 1.35. The molecule has 0 radical (unpaired) electrons. The maximum atomic E-state index is 12.2. The monoisotopic (exact) mass is 320 g/mol. The molecule has 0 aliphatic heterocycles. The zero-order chi connectivity index (χ0) is 16.8. The Labute approximate surface area is 134 Å². The lowest BCUT2D eigenvalue weighted by atomic mass is 9.79. The highest BCUT2D eigenvalue weighted by molar-refractivity contribution is 5.98. The SMILES string of the molecule is COc1ccccc1C(=O)NNC(=O)[C@H]1CCCC[C@H]1C(=O)O. The van der Waals surface area contributed by atoms with Crippen molar-refractivity contribution in [2.75, 3.05) is 7.11 Å². The van der Waals surface area contributed by atoms with Crippen LogP contribution in [0.3, 0.4) is 0 Å². The van der Waals surface area contributed by atoms with E-state index in [0.717, 1.165) is 12.8 Å². The van der Waals surface area contributed by atoms with Crippen molar-refractivity contribution in [3.8, 4) is 5.75 Å². The zero-order valence-electron chi connectivity index (χ0n) is 12.9. The molecular formula is C16H20N2O5. The number of carboxylic acids is 1. The van der Waals surface area contributed by atoms with Crippen molar-refractivity contribution < 1.29 is 24.2 Å². The molecule has 1 saturated carbocycles. The molecule has 1 fully saturated rings. The number of ether oxygens (including phenoxy) is 1. The van der Waals surface area contributed by atoms with E-state index in [1.54, 1.807) is 24.3 Å². The van der Waals surface area contributed by atoms with Crippen LogP contribution in [0.4, 0.5) is 0 Å². The van der Waals surface area contributed by atoms with Gasteiger partial charge in [0.15, 0.2) is 0 Å². The summed E-state index contributed by atoms with van der Waals surface area (Å²) in [7, 11) is 1.45. The van der Waals surface area contributed by atoms with E-state index >= 15 is 0 Å². The number of hydrazine groups is 1. The third-order valence-corrected chi connectivity index (χ3v) is 4.07. The number of rotatable bonds is 4. The minimum atomic E-state index is -0.971. The molecule has 1 aromatic carbocycles. The van der Waals surface area contributed by atoms with Crippen LogP contribution in [0.2, 0.25) is 0 Å². The Morgan fingerprint density at radius 3 is 2.39 bits per heavy atom. The minimum Gasteiger partial charge on any atom is -0.496 e. The number of carbonyl (C=O) groups excluding carboxylic acids is 2. The van der Waals surface area contributed by atoms with Crippen molar-refractivity contribution in [1.29, 1.82) is 0 Å². The summed E-state index contributed by atoms with van der Waals surface area (Å²) in [5.41, 5.74) is 4.93. The second kappa shape index (κ2) is 7.62. The highest BCUT2D eigenvalue weighted by Crippen LogP contribution is 2.30. The van der Waals surface area contributed by atoms with Crippen molar-refractivity contribution in [3.05, 3.63) is 29.8 Å². The van der Waals surface area contributed by atoms with Crippen LogP contribution >= 0.6 is 0 Å². The fourth-order valence-corrected chi connectivity index (χ4v) is 2.85. The molecule has 0 spiro atoms. The number of carboxylic acid groups (broad SMARTS) is 1. The van der Waals surface area contributed by atoms with Gasteiger partial charge in [0, 0.05) is 0 Å². The first-order valence-corrected chi connectivity index (χ1v) is 7.50. The summed E-state index contributed by atoms with van der Waals surface area (Å²) in [5, 5.41) is 9.20.